The van der Waals surface area contributed by atoms with Crippen LogP contribution in [-0.2, 0) is 14.3 Å². The van der Waals surface area contributed by atoms with Crippen LogP contribution in [0.2, 0.25) is 0 Å². The van der Waals surface area contributed by atoms with Gasteiger partial charge >= 0.3 is 6.09 Å². The van der Waals surface area contributed by atoms with Gasteiger partial charge in [0.05, 0.1) is 33.4 Å². The summed E-state index contributed by atoms with van der Waals surface area (Å²) in [5, 5.41) is 5.03. The van der Waals surface area contributed by atoms with Crippen LogP contribution < -0.4 is 25.0 Å². The average molecular weight is 396 g/mol. The van der Waals surface area contributed by atoms with Crippen LogP contribution in [0.5, 0.6) is 11.5 Å². The third-order valence-electron chi connectivity index (χ3n) is 4.12. The molecule has 156 valence electrons. The predicted molar refractivity (Wildman–Crippen MR) is 103 cm³/mol. The van der Waals surface area contributed by atoms with Crippen molar-refractivity contribution in [2.24, 2.45) is 0 Å². The number of quaternary nitrogens is 1. The number of benzene rings is 1. The number of rotatable bonds is 10. The van der Waals surface area contributed by atoms with Crippen LogP contribution in [0.25, 0.3) is 0 Å². The molecule has 0 aliphatic heterocycles. The number of ether oxygens (including phenoxy) is 3. The molecule has 0 aliphatic carbocycles. The highest BCUT2D eigenvalue weighted by Crippen LogP contribution is 2.29. The summed E-state index contributed by atoms with van der Waals surface area (Å²) in [4.78, 5) is 36.3. The Bertz CT molecular complexity index is 680. The normalized spacial score (nSPS) is 12.5. The smallest absolute Gasteiger partial charge is 0.414 e. The Kier molecular flexibility index (Phi) is 9.80. The Hall–Kier alpha value is -2.81. The fourth-order valence-corrected chi connectivity index (χ4v) is 2.64. The minimum atomic E-state index is -0.786. The largest absolute Gasteiger partial charge is 0.497 e. The summed E-state index contributed by atoms with van der Waals surface area (Å²) < 4.78 is 15.2. The molecule has 1 unspecified atom stereocenters. The molecule has 1 aromatic carbocycles. The zero-order chi connectivity index (χ0) is 21.1. The first-order chi connectivity index (χ1) is 13.3. The van der Waals surface area contributed by atoms with Gasteiger partial charge in [0.15, 0.2) is 13.1 Å². The minimum absolute atomic E-state index is 0.0143. The van der Waals surface area contributed by atoms with Crippen molar-refractivity contribution in [1.29, 1.82) is 0 Å². The number of hydrogen-bond acceptors (Lipinski definition) is 6. The Labute approximate surface area is 165 Å². The summed E-state index contributed by atoms with van der Waals surface area (Å²) in [6.07, 6.45) is -0.786. The number of amides is 3. The summed E-state index contributed by atoms with van der Waals surface area (Å²) in [6, 6.07) is 5.05. The molecule has 2 atom stereocenters. The maximum absolute atomic E-state index is 12.4. The average Bonchev–Trinajstić information content (AvgIpc) is 2.66. The van der Waals surface area contributed by atoms with Crippen molar-refractivity contribution in [2.75, 3.05) is 40.5 Å². The van der Waals surface area contributed by atoms with Gasteiger partial charge in [0.2, 0.25) is 0 Å². The molecule has 0 spiro atoms. The van der Waals surface area contributed by atoms with Gasteiger partial charge in [-0.25, -0.2) is 4.79 Å². The standard InChI is InChI=1S/C19H29N3O6/c1-6-22(12-18(24)21-19(25)28-7-2)11-17(23)20-13(3)15-10-14(26-4)8-9-16(15)27-5/h8-10,13H,6-7,11-12H2,1-5H3,(H,20,23)(H,21,24,25)/p+1/t13-/m1/s1. The van der Waals surface area contributed by atoms with Gasteiger partial charge in [-0.2, -0.15) is 0 Å². The van der Waals surface area contributed by atoms with Gasteiger partial charge in [0.1, 0.15) is 11.5 Å². The molecule has 0 fully saturated rings. The molecule has 3 amide bonds. The lowest BCUT2D eigenvalue weighted by Gasteiger charge is -2.20. The Morgan fingerprint density at radius 1 is 1.07 bits per heavy atom. The van der Waals surface area contributed by atoms with E-state index in [-0.39, 0.29) is 31.6 Å². The van der Waals surface area contributed by atoms with E-state index in [1.165, 1.54) is 0 Å². The number of carbonyl (C=O) groups excluding carboxylic acids is 3. The van der Waals surface area contributed by atoms with E-state index in [0.717, 1.165) is 5.56 Å². The lowest BCUT2D eigenvalue weighted by atomic mass is 10.1. The summed E-state index contributed by atoms with van der Waals surface area (Å²) in [6.45, 7) is 6.14. The van der Waals surface area contributed by atoms with E-state index in [1.54, 1.807) is 39.3 Å². The van der Waals surface area contributed by atoms with Crippen LogP contribution in [0.15, 0.2) is 18.2 Å². The molecule has 0 radical (unpaired) electrons. The zero-order valence-electron chi connectivity index (χ0n) is 17.1. The highest BCUT2D eigenvalue weighted by Gasteiger charge is 2.21. The molecule has 0 aromatic heterocycles. The molecular formula is C19H30N3O6+. The quantitative estimate of drug-likeness (QED) is 0.516. The van der Waals surface area contributed by atoms with Crippen molar-refractivity contribution in [3.63, 3.8) is 0 Å². The molecule has 0 saturated carbocycles. The van der Waals surface area contributed by atoms with Gasteiger partial charge in [0, 0.05) is 5.56 Å². The lowest BCUT2D eigenvalue weighted by Crippen LogP contribution is -3.14. The number of imide groups is 1. The van der Waals surface area contributed by atoms with E-state index in [1.807, 2.05) is 13.8 Å². The first-order valence-corrected chi connectivity index (χ1v) is 9.15. The van der Waals surface area contributed by atoms with E-state index in [2.05, 4.69) is 15.4 Å². The van der Waals surface area contributed by atoms with Gasteiger partial charge in [-0.05, 0) is 39.0 Å². The van der Waals surface area contributed by atoms with E-state index >= 15 is 0 Å². The second kappa shape index (κ2) is 11.8. The van der Waals surface area contributed by atoms with Crippen molar-refractivity contribution in [1.82, 2.24) is 10.6 Å². The predicted octanol–water partition coefficient (Wildman–Crippen LogP) is 0.0585. The third-order valence-corrected chi connectivity index (χ3v) is 4.12. The van der Waals surface area contributed by atoms with Crippen molar-refractivity contribution in [2.45, 2.75) is 26.8 Å². The number of likely N-dealkylation sites (N-methyl/N-ethyl adjacent to an activating group) is 1. The second-order valence-corrected chi connectivity index (χ2v) is 6.12. The molecule has 0 saturated heterocycles. The van der Waals surface area contributed by atoms with Crippen LogP contribution in [0.4, 0.5) is 4.79 Å². The SMILES string of the molecule is CCOC(=O)NC(=O)C[NH+](CC)CC(=O)N[C@H](C)c1cc(OC)ccc1OC. The van der Waals surface area contributed by atoms with E-state index in [9.17, 15) is 14.4 Å². The molecule has 9 nitrogen and oxygen atoms in total. The Balaban J connectivity index is 2.66. The van der Waals surface area contributed by atoms with Gasteiger partial charge in [-0.3, -0.25) is 14.9 Å². The molecule has 0 heterocycles. The molecule has 0 aliphatic rings. The van der Waals surface area contributed by atoms with E-state index in [0.29, 0.717) is 22.9 Å². The lowest BCUT2D eigenvalue weighted by molar-refractivity contribution is -0.881. The maximum Gasteiger partial charge on any atom is 0.414 e. The zero-order valence-corrected chi connectivity index (χ0v) is 17.1. The fraction of sp³-hybridized carbons (Fsp3) is 0.526. The van der Waals surface area contributed by atoms with Crippen LogP contribution in [0.1, 0.15) is 32.4 Å². The molecule has 1 aromatic rings. The fourth-order valence-electron chi connectivity index (χ4n) is 2.64. The van der Waals surface area contributed by atoms with E-state index < -0.39 is 12.0 Å². The number of carbonyl (C=O) groups is 3. The molecular weight excluding hydrogens is 366 g/mol. The van der Waals surface area contributed by atoms with Crippen molar-refractivity contribution < 1.29 is 33.5 Å². The van der Waals surface area contributed by atoms with Crippen molar-refractivity contribution >= 4 is 17.9 Å². The van der Waals surface area contributed by atoms with Gasteiger partial charge in [0.25, 0.3) is 11.8 Å². The third kappa shape index (κ3) is 7.43. The van der Waals surface area contributed by atoms with Gasteiger partial charge in [-0.15, -0.1) is 0 Å². The van der Waals surface area contributed by atoms with E-state index in [4.69, 9.17) is 9.47 Å². The molecule has 1 rings (SSSR count). The Morgan fingerprint density at radius 3 is 2.32 bits per heavy atom. The van der Waals surface area contributed by atoms with Gasteiger partial charge < -0.3 is 24.4 Å². The number of hydrogen-bond donors (Lipinski definition) is 3. The van der Waals surface area contributed by atoms with Crippen LogP contribution >= 0.6 is 0 Å². The van der Waals surface area contributed by atoms with Crippen LogP contribution in [0.3, 0.4) is 0 Å². The summed E-state index contributed by atoms with van der Waals surface area (Å²) >= 11 is 0. The van der Waals surface area contributed by atoms with Gasteiger partial charge in [-0.1, -0.05) is 0 Å². The number of nitrogens with one attached hydrogen (secondary N) is 3. The topological polar surface area (TPSA) is 107 Å². The number of alkyl carbamates (subject to hydrolysis) is 1. The maximum atomic E-state index is 12.4. The molecule has 28 heavy (non-hydrogen) atoms. The summed E-state index contributed by atoms with van der Waals surface area (Å²) in [5.74, 6) is 0.583. The van der Waals surface area contributed by atoms with Crippen LogP contribution in [0, 0.1) is 0 Å². The van der Waals surface area contributed by atoms with Crippen LogP contribution in [-0.4, -0.2) is 58.4 Å². The first-order valence-electron chi connectivity index (χ1n) is 9.15. The highest BCUT2D eigenvalue weighted by atomic mass is 16.5. The molecule has 0 bridgehead atoms. The minimum Gasteiger partial charge on any atom is -0.497 e. The molecule has 9 heteroatoms. The highest BCUT2D eigenvalue weighted by molar-refractivity contribution is 5.92. The second-order valence-electron chi connectivity index (χ2n) is 6.12. The molecule has 3 N–H and O–H groups in total. The first kappa shape index (κ1) is 23.2. The summed E-state index contributed by atoms with van der Waals surface area (Å²) in [5.41, 5.74) is 0.785. The van der Waals surface area contributed by atoms with Crippen molar-refractivity contribution in [3.8, 4) is 11.5 Å². The summed E-state index contributed by atoms with van der Waals surface area (Å²) in [7, 11) is 3.13. The monoisotopic (exact) mass is 396 g/mol. The van der Waals surface area contributed by atoms with Crippen molar-refractivity contribution in [3.05, 3.63) is 23.8 Å². The number of methoxy groups -OCH3 is 2. The Morgan fingerprint density at radius 2 is 1.75 bits per heavy atom.